The molecule has 2 aliphatic heterocycles. The third-order valence-electron chi connectivity index (χ3n) is 9.66. The molecule has 0 saturated carbocycles. The van der Waals surface area contributed by atoms with Crippen molar-refractivity contribution < 1.29 is 51.2 Å². The van der Waals surface area contributed by atoms with Gasteiger partial charge >= 0.3 is 12.1 Å². The molecule has 2 aliphatic rings. The van der Waals surface area contributed by atoms with Crippen molar-refractivity contribution in [3.63, 3.8) is 0 Å². The molecule has 0 radical (unpaired) electrons. The molecule has 0 spiro atoms. The summed E-state index contributed by atoms with van der Waals surface area (Å²) in [7, 11) is 3.97. The highest BCUT2D eigenvalue weighted by atomic mass is 32.2. The van der Waals surface area contributed by atoms with E-state index in [1.54, 1.807) is 30.1 Å². The first-order valence-corrected chi connectivity index (χ1v) is 19.7. The highest BCUT2D eigenvalue weighted by molar-refractivity contribution is 8.00. The van der Waals surface area contributed by atoms with Gasteiger partial charge in [-0.05, 0) is 64.2 Å². The van der Waals surface area contributed by atoms with Crippen LogP contribution in [-0.2, 0) is 45.4 Å². The van der Waals surface area contributed by atoms with Crippen LogP contribution in [0.3, 0.4) is 0 Å². The molecule has 3 atom stereocenters. The number of thioether (sulfide) groups is 1. The van der Waals surface area contributed by atoms with E-state index in [1.165, 1.54) is 54.2 Å². The molecule has 14 nitrogen and oxygen atoms in total. The number of benzene rings is 2. The number of hydrogen-bond donors (Lipinski definition) is 0. The first kappa shape index (κ1) is 44.6. The summed E-state index contributed by atoms with van der Waals surface area (Å²) in [6, 6.07) is 9.25. The van der Waals surface area contributed by atoms with E-state index < -0.39 is 53.0 Å². The molecular weight excluding hydrogens is 794 g/mol. The van der Waals surface area contributed by atoms with Crippen LogP contribution in [0.25, 0.3) is 6.08 Å². The fourth-order valence-corrected chi connectivity index (χ4v) is 7.87. The first-order valence-electron chi connectivity index (χ1n) is 18.7. The topological polar surface area (TPSA) is 158 Å². The Morgan fingerprint density at radius 3 is 2.42 bits per heavy atom. The molecule has 5 rings (SSSR count). The van der Waals surface area contributed by atoms with Gasteiger partial charge in [-0.2, -0.15) is 10.4 Å². The average Bonchev–Trinajstić information content (AvgIpc) is 3.72. The number of nitriles is 1. The number of halogens is 3. The van der Waals surface area contributed by atoms with Gasteiger partial charge in [0.05, 0.1) is 36.6 Å². The summed E-state index contributed by atoms with van der Waals surface area (Å²) in [5.41, 5.74) is -1.61. The van der Waals surface area contributed by atoms with Gasteiger partial charge in [0, 0.05) is 60.7 Å². The molecule has 59 heavy (non-hydrogen) atoms. The summed E-state index contributed by atoms with van der Waals surface area (Å²) in [4.78, 5) is 46.5. The summed E-state index contributed by atoms with van der Waals surface area (Å²) in [5, 5.41) is 11.9. The molecule has 3 unspecified atom stereocenters. The fourth-order valence-electron chi connectivity index (χ4n) is 6.51. The number of carbonyl (C=O) groups is 3. The van der Waals surface area contributed by atoms with Crippen molar-refractivity contribution in [2.75, 3.05) is 40.4 Å². The van der Waals surface area contributed by atoms with Crippen LogP contribution in [0, 0.1) is 28.8 Å². The maximum absolute atomic E-state index is 15.8. The van der Waals surface area contributed by atoms with Crippen LogP contribution in [0.2, 0.25) is 0 Å². The molecule has 2 fully saturated rings. The molecular formula is C41H45F3N6O8S. The van der Waals surface area contributed by atoms with Gasteiger partial charge < -0.3 is 33.5 Å². The lowest BCUT2D eigenvalue weighted by atomic mass is 9.89. The van der Waals surface area contributed by atoms with E-state index in [2.05, 4.69) is 15.0 Å². The minimum Gasteiger partial charge on any atom is -0.422 e. The normalized spacial score (nSPS) is 19.7. The number of carbonyl (C=O) groups excluding carboxylic acids is 3. The molecule has 1 aromatic heterocycles. The predicted octanol–water partition coefficient (Wildman–Crippen LogP) is 5.75. The van der Waals surface area contributed by atoms with Gasteiger partial charge in [0.2, 0.25) is 12.2 Å². The molecule has 2 saturated heterocycles. The molecule has 2 aromatic carbocycles. The second-order valence-corrected chi connectivity index (χ2v) is 15.6. The molecule has 0 N–H and O–H groups in total. The van der Waals surface area contributed by atoms with E-state index in [9.17, 15) is 23.2 Å². The second-order valence-electron chi connectivity index (χ2n) is 14.0. The number of nitrogens with zero attached hydrogens (tertiary/aromatic N) is 6. The average molecular weight is 839 g/mol. The molecule has 314 valence electrons. The Balaban J connectivity index is 1.24. The zero-order valence-corrected chi connectivity index (χ0v) is 33.7. The third kappa shape index (κ3) is 12.5. The van der Waals surface area contributed by atoms with Crippen LogP contribution in [0.5, 0.6) is 0 Å². The van der Waals surface area contributed by atoms with Crippen molar-refractivity contribution in [3.8, 4) is 6.07 Å². The summed E-state index contributed by atoms with van der Waals surface area (Å²) in [5.74, 6) is -3.72. The van der Waals surface area contributed by atoms with Gasteiger partial charge in [0.15, 0.2) is 11.9 Å². The van der Waals surface area contributed by atoms with Crippen LogP contribution in [-0.4, -0.2) is 112 Å². The van der Waals surface area contributed by atoms with Gasteiger partial charge in [0.1, 0.15) is 30.1 Å². The van der Waals surface area contributed by atoms with Crippen LogP contribution in [0.4, 0.5) is 18.0 Å². The molecule has 0 aliphatic carbocycles. The van der Waals surface area contributed by atoms with Gasteiger partial charge in [-0.25, -0.2) is 32.4 Å². The standard InChI is InChI=1S/C41H45F3N6O8S/c1-27(59-33-22-54-39(55-23-33)8-6-5-7-30-10-9-29(21-45)19-35(30)43)41(24-50-26-46-25-47-50,34-12-11-31(42)20-36(34)44)58-40(53)57-28(2)56-38(52)14-13-37(51)49-17-15-32(16-18-49)48(3)4/h5-14,19-20,25-28,32-33,39H,15-18,22-24H2,1-4H3. The number of likely N-dealkylation sites (tertiary alicyclic amines) is 1. The van der Waals surface area contributed by atoms with E-state index in [-0.39, 0.29) is 42.0 Å². The van der Waals surface area contributed by atoms with Gasteiger partial charge in [-0.1, -0.05) is 24.3 Å². The lowest BCUT2D eigenvalue weighted by Crippen LogP contribution is -2.47. The maximum Gasteiger partial charge on any atom is 0.512 e. The lowest BCUT2D eigenvalue weighted by molar-refractivity contribution is -0.166. The zero-order valence-electron chi connectivity index (χ0n) is 32.9. The van der Waals surface area contributed by atoms with Crippen LogP contribution >= 0.6 is 11.8 Å². The monoisotopic (exact) mass is 838 g/mol. The molecule has 1 amide bonds. The minimum absolute atomic E-state index is 0.158. The van der Waals surface area contributed by atoms with E-state index in [4.69, 9.17) is 28.9 Å². The van der Waals surface area contributed by atoms with Crippen LogP contribution < -0.4 is 0 Å². The number of aromatic nitrogens is 3. The highest BCUT2D eigenvalue weighted by Gasteiger charge is 2.47. The maximum atomic E-state index is 15.8. The summed E-state index contributed by atoms with van der Waals surface area (Å²) < 4.78 is 73.7. The third-order valence-corrected chi connectivity index (χ3v) is 11.1. The number of piperidine rings is 1. The van der Waals surface area contributed by atoms with Crippen molar-refractivity contribution >= 4 is 35.9 Å². The fraction of sp³-hybridized carbons (Fsp3) is 0.415. The van der Waals surface area contributed by atoms with Crippen LogP contribution in [0.1, 0.15) is 43.4 Å². The van der Waals surface area contributed by atoms with Crippen molar-refractivity contribution in [1.29, 1.82) is 5.26 Å². The smallest absolute Gasteiger partial charge is 0.422 e. The van der Waals surface area contributed by atoms with Gasteiger partial charge in [0.25, 0.3) is 0 Å². The Kier molecular flexibility index (Phi) is 15.9. The number of amides is 1. The number of rotatable bonds is 15. The van der Waals surface area contributed by atoms with Gasteiger partial charge in [-0.15, -0.1) is 11.8 Å². The number of esters is 1. The Labute approximate surface area is 344 Å². The Bertz CT molecular complexity index is 2050. The quantitative estimate of drug-likeness (QED) is 0.0790. The first-order chi connectivity index (χ1) is 28.3. The predicted molar refractivity (Wildman–Crippen MR) is 209 cm³/mol. The minimum atomic E-state index is -1.93. The summed E-state index contributed by atoms with van der Waals surface area (Å²) in [6.45, 7) is 4.03. The van der Waals surface area contributed by atoms with Crippen molar-refractivity contribution in [3.05, 3.63) is 114 Å². The largest absolute Gasteiger partial charge is 0.512 e. The number of allylic oxidation sites excluding steroid dienone is 2. The van der Waals surface area contributed by atoms with Crippen molar-refractivity contribution in [2.24, 2.45) is 0 Å². The van der Waals surface area contributed by atoms with E-state index >= 15 is 4.39 Å². The SMILES string of the molecule is CC(OC(=O)C=CC(=O)N1CCC(N(C)C)CC1)OC(=O)OC(Cn1cncn1)(c1ccc(F)cc1F)C(C)SC1COC(C=CC=Cc2ccc(C#N)cc2F)OC1. The summed E-state index contributed by atoms with van der Waals surface area (Å²) >= 11 is 1.24. The Hall–Kier alpha value is -5.48. The molecule has 3 heterocycles. The van der Waals surface area contributed by atoms with Crippen LogP contribution in [0.15, 0.2) is 79.4 Å². The van der Waals surface area contributed by atoms with Gasteiger partial charge in [-0.3, -0.25) is 4.79 Å². The van der Waals surface area contributed by atoms with E-state index in [0.29, 0.717) is 30.8 Å². The van der Waals surface area contributed by atoms with E-state index in [1.807, 2.05) is 20.2 Å². The lowest BCUT2D eigenvalue weighted by Gasteiger charge is -2.40. The second kappa shape index (κ2) is 21.0. The Morgan fingerprint density at radius 1 is 1.03 bits per heavy atom. The molecule has 3 aromatic rings. The Morgan fingerprint density at radius 2 is 1.78 bits per heavy atom. The number of hydrogen-bond acceptors (Lipinski definition) is 13. The molecule has 0 bridgehead atoms. The summed E-state index contributed by atoms with van der Waals surface area (Å²) in [6.07, 6.45) is 9.00. The van der Waals surface area contributed by atoms with Crippen molar-refractivity contribution in [1.82, 2.24) is 24.6 Å². The molecule has 18 heteroatoms. The zero-order chi connectivity index (χ0) is 42.5. The van der Waals surface area contributed by atoms with Crippen molar-refractivity contribution in [2.45, 2.75) is 68.0 Å². The highest BCUT2D eigenvalue weighted by Crippen LogP contribution is 2.42. The number of ether oxygens (including phenoxy) is 5. The van der Waals surface area contributed by atoms with E-state index in [0.717, 1.165) is 43.2 Å².